The van der Waals surface area contributed by atoms with Crippen LogP contribution < -0.4 is 5.73 Å². The molecule has 1 aromatic rings. The zero-order chi connectivity index (χ0) is 10.7. The topological polar surface area (TPSA) is 63.3 Å². The largest absolute Gasteiger partial charge is 0.480 e. The molecule has 3 nitrogen and oxygen atoms in total. The van der Waals surface area contributed by atoms with Gasteiger partial charge >= 0.3 is 5.97 Å². The number of carboxylic acid groups (broad SMARTS) is 1. The van der Waals surface area contributed by atoms with Gasteiger partial charge in [0.15, 0.2) is 0 Å². The summed E-state index contributed by atoms with van der Waals surface area (Å²) in [5.74, 6) is -1.12. The van der Waals surface area contributed by atoms with Crippen LogP contribution in [0.3, 0.4) is 0 Å². The van der Waals surface area contributed by atoms with E-state index in [0.29, 0.717) is 5.56 Å². The molecule has 12 heavy (non-hydrogen) atoms. The normalized spacial score (nSPS) is 14.8. The van der Waals surface area contributed by atoms with Crippen LogP contribution in [-0.4, -0.2) is 17.1 Å². The van der Waals surface area contributed by atoms with E-state index < -0.39 is 12.0 Å². The summed E-state index contributed by atoms with van der Waals surface area (Å²) in [6.45, 7) is 0. The van der Waals surface area contributed by atoms with Crippen molar-refractivity contribution in [1.82, 2.24) is 0 Å². The lowest BCUT2D eigenvalue weighted by molar-refractivity contribution is -0.138. The summed E-state index contributed by atoms with van der Waals surface area (Å²) in [5, 5.41) is 8.58. The Morgan fingerprint density at radius 3 is 2.67 bits per heavy atom. The molecule has 1 aromatic carbocycles. The van der Waals surface area contributed by atoms with Crippen LogP contribution in [0, 0.1) is 0 Å². The number of carboxylic acids is 1. The van der Waals surface area contributed by atoms with E-state index in [2.05, 4.69) is 0 Å². The second-order valence-corrected chi connectivity index (χ2v) is 2.44. The van der Waals surface area contributed by atoms with Crippen molar-refractivity contribution in [3.8, 4) is 0 Å². The van der Waals surface area contributed by atoms with Crippen molar-refractivity contribution < 1.29 is 12.6 Å². The zero-order valence-corrected chi connectivity index (χ0v) is 6.45. The molecule has 0 unspecified atom stereocenters. The number of hydrogen-bond acceptors (Lipinski definition) is 2. The number of aliphatic carboxylic acids is 1. The molecule has 0 saturated heterocycles. The summed E-state index contributed by atoms with van der Waals surface area (Å²) in [5.41, 5.74) is 5.70. The minimum Gasteiger partial charge on any atom is -0.480 e. The average molecular weight is 167 g/mol. The highest BCUT2D eigenvalue weighted by Gasteiger charge is 2.10. The third-order valence-corrected chi connectivity index (χ3v) is 1.45. The van der Waals surface area contributed by atoms with Crippen molar-refractivity contribution >= 4 is 5.97 Å². The zero-order valence-electron chi connectivity index (χ0n) is 8.45. The summed E-state index contributed by atoms with van der Waals surface area (Å²) in [6.07, 6.45) is 0.0217. The molecule has 0 aliphatic rings. The van der Waals surface area contributed by atoms with Crippen molar-refractivity contribution in [3.63, 3.8) is 0 Å². The minimum absolute atomic E-state index is 0.0217. The lowest BCUT2D eigenvalue weighted by atomic mass is 10.1. The molecule has 0 aliphatic heterocycles. The van der Waals surface area contributed by atoms with Crippen LogP contribution in [0.2, 0.25) is 0 Å². The number of benzene rings is 1. The van der Waals surface area contributed by atoms with Crippen LogP contribution in [0.15, 0.2) is 30.3 Å². The number of rotatable bonds is 3. The van der Waals surface area contributed by atoms with Gasteiger partial charge in [-0.1, -0.05) is 30.3 Å². The first kappa shape index (κ1) is 6.20. The quantitative estimate of drug-likeness (QED) is 0.694. The SMILES string of the molecule is [2H]c1cccc([2H])c1C[C@H](N)C(=O)O. The summed E-state index contributed by atoms with van der Waals surface area (Å²) < 4.78 is 15.0. The van der Waals surface area contributed by atoms with Crippen LogP contribution in [-0.2, 0) is 11.2 Å². The van der Waals surface area contributed by atoms with Crippen LogP contribution in [0.5, 0.6) is 0 Å². The summed E-state index contributed by atoms with van der Waals surface area (Å²) in [4.78, 5) is 10.5. The maximum absolute atomic E-state index is 10.5. The first-order valence-corrected chi connectivity index (χ1v) is 3.56. The van der Waals surface area contributed by atoms with Crippen molar-refractivity contribution in [1.29, 1.82) is 0 Å². The molecule has 0 radical (unpaired) electrons. The molecule has 3 N–H and O–H groups in total. The van der Waals surface area contributed by atoms with Gasteiger partial charge in [-0.2, -0.15) is 0 Å². The molecule has 1 atom stereocenters. The Balaban J connectivity index is 2.91. The maximum atomic E-state index is 10.5. The van der Waals surface area contributed by atoms with E-state index in [-0.39, 0.29) is 18.5 Å². The van der Waals surface area contributed by atoms with Gasteiger partial charge in [0.25, 0.3) is 0 Å². The van der Waals surface area contributed by atoms with E-state index in [4.69, 9.17) is 13.6 Å². The second-order valence-electron chi connectivity index (χ2n) is 2.44. The van der Waals surface area contributed by atoms with Gasteiger partial charge < -0.3 is 10.8 Å². The molecular formula is C9H11NO2. The Labute approximate surface area is 73.6 Å². The Bertz CT molecular complexity index is 334. The Morgan fingerprint density at radius 2 is 2.17 bits per heavy atom. The minimum atomic E-state index is -1.12. The van der Waals surface area contributed by atoms with E-state index in [1.165, 1.54) is 12.1 Å². The van der Waals surface area contributed by atoms with Crippen molar-refractivity contribution in [3.05, 3.63) is 35.8 Å². The third kappa shape index (κ3) is 2.36. The van der Waals surface area contributed by atoms with Gasteiger partial charge in [-0.05, 0) is 12.0 Å². The fraction of sp³-hybridized carbons (Fsp3) is 0.222. The fourth-order valence-corrected chi connectivity index (χ4v) is 0.812. The van der Waals surface area contributed by atoms with Crippen LogP contribution in [0.1, 0.15) is 8.30 Å². The first-order valence-electron chi connectivity index (χ1n) is 4.56. The average Bonchev–Trinajstić information content (AvgIpc) is 2.11. The molecule has 0 heterocycles. The number of hydrogen-bond donors (Lipinski definition) is 2. The number of nitrogens with two attached hydrogens (primary N) is 1. The summed E-state index contributed by atoms with van der Waals surface area (Å²) >= 11 is 0. The molecule has 0 bridgehead atoms. The molecule has 0 aliphatic carbocycles. The van der Waals surface area contributed by atoms with Crippen LogP contribution in [0.25, 0.3) is 0 Å². The highest BCUT2D eigenvalue weighted by atomic mass is 16.4. The summed E-state index contributed by atoms with van der Waals surface area (Å²) in [7, 11) is 0. The van der Waals surface area contributed by atoms with Gasteiger partial charge in [-0.15, -0.1) is 0 Å². The third-order valence-electron chi connectivity index (χ3n) is 1.45. The molecule has 0 spiro atoms. The van der Waals surface area contributed by atoms with Gasteiger partial charge in [0.1, 0.15) is 6.04 Å². The van der Waals surface area contributed by atoms with E-state index in [9.17, 15) is 4.79 Å². The molecule has 1 rings (SSSR count). The van der Waals surface area contributed by atoms with E-state index in [0.717, 1.165) is 0 Å². The first-order chi connectivity index (χ1) is 6.52. The molecule has 0 fully saturated rings. The molecular weight excluding hydrogens is 154 g/mol. The Morgan fingerprint density at radius 1 is 1.58 bits per heavy atom. The van der Waals surface area contributed by atoms with E-state index in [1.807, 2.05) is 0 Å². The summed E-state index contributed by atoms with van der Waals surface area (Å²) in [6, 6.07) is 3.89. The lowest BCUT2D eigenvalue weighted by Gasteiger charge is -2.04. The molecule has 0 aromatic heterocycles. The van der Waals surface area contributed by atoms with Gasteiger partial charge in [-0.25, -0.2) is 0 Å². The van der Waals surface area contributed by atoms with Gasteiger partial charge in [0, 0.05) is 0 Å². The van der Waals surface area contributed by atoms with Gasteiger partial charge in [0.05, 0.1) is 2.74 Å². The monoisotopic (exact) mass is 167 g/mol. The van der Waals surface area contributed by atoms with Crippen molar-refractivity contribution in [2.45, 2.75) is 12.5 Å². The van der Waals surface area contributed by atoms with Crippen LogP contribution in [0.4, 0.5) is 0 Å². The van der Waals surface area contributed by atoms with Gasteiger partial charge in [0.2, 0.25) is 0 Å². The molecule has 64 valence electrons. The Kier molecular flexibility index (Phi) is 2.00. The lowest BCUT2D eigenvalue weighted by Crippen LogP contribution is -2.32. The Hall–Kier alpha value is -1.35. The van der Waals surface area contributed by atoms with Gasteiger partial charge in [-0.3, -0.25) is 4.79 Å². The van der Waals surface area contributed by atoms with E-state index >= 15 is 0 Å². The maximum Gasteiger partial charge on any atom is 0.320 e. The molecule has 0 saturated carbocycles. The molecule has 0 amide bonds. The van der Waals surface area contributed by atoms with Crippen molar-refractivity contribution in [2.24, 2.45) is 5.73 Å². The highest BCUT2D eigenvalue weighted by Crippen LogP contribution is 2.01. The van der Waals surface area contributed by atoms with Crippen LogP contribution >= 0.6 is 0 Å². The van der Waals surface area contributed by atoms with E-state index in [1.54, 1.807) is 6.07 Å². The fourth-order valence-electron chi connectivity index (χ4n) is 0.812. The standard InChI is InChI=1S/C9H11NO2/c10-8(9(11)12)6-7-4-2-1-3-5-7/h1-5,8H,6,10H2,(H,11,12)/t8-/m0/s1/i4D,5D. The van der Waals surface area contributed by atoms with Crippen molar-refractivity contribution in [2.75, 3.05) is 0 Å². The highest BCUT2D eigenvalue weighted by molar-refractivity contribution is 5.73. The smallest absolute Gasteiger partial charge is 0.320 e. The molecule has 3 heteroatoms. The predicted octanol–water partition coefficient (Wildman–Crippen LogP) is 0.641. The predicted molar refractivity (Wildman–Crippen MR) is 45.8 cm³/mol. The number of carbonyl (C=O) groups is 1. The second kappa shape index (κ2) is 3.88.